The first-order valence-corrected chi connectivity index (χ1v) is 11.8. The molecule has 160 valence electrons. The van der Waals surface area contributed by atoms with Crippen LogP contribution >= 0.6 is 0 Å². The predicted octanol–water partition coefficient (Wildman–Crippen LogP) is 1.57. The Morgan fingerprint density at radius 2 is 1.57 bits per heavy atom. The molecule has 1 aliphatic rings. The van der Waals surface area contributed by atoms with E-state index in [1.54, 1.807) is 24.3 Å². The van der Waals surface area contributed by atoms with Crippen molar-refractivity contribution in [2.24, 2.45) is 0 Å². The van der Waals surface area contributed by atoms with E-state index in [1.807, 2.05) is 36.4 Å². The van der Waals surface area contributed by atoms with Gasteiger partial charge in [0.25, 0.3) is 5.91 Å². The summed E-state index contributed by atoms with van der Waals surface area (Å²) in [6.07, 6.45) is 2.65. The summed E-state index contributed by atoms with van der Waals surface area (Å²) in [5.74, 6) is -0.570. The fraction of sp³-hybridized carbons (Fsp3) is 0.364. The number of rotatable bonds is 7. The zero-order chi connectivity index (χ0) is 21.6. The number of benzene rings is 2. The minimum atomic E-state index is -3.22. The van der Waals surface area contributed by atoms with Gasteiger partial charge in [-0.1, -0.05) is 48.5 Å². The van der Waals surface area contributed by atoms with E-state index in [2.05, 4.69) is 10.6 Å². The average molecular weight is 430 g/mol. The van der Waals surface area contributed by atoms with Gasteiger partial charge in [-0.25, -0.2) is 12.7 Å². The molecule has 2 N–H and O–H groups in total. The van der Waals surface area contributed by atoms with Gasteiger partial charge in [0.05, 0.1) is 6.26 Å². The van der Waals surface area contributed by atoms with Gasteiger partial charge in [-0.2, -0.15) is 0 Å². The van der Waals surface area contributed by atoms with Gasteiger partial charge in [0, 0.05) is 31.1 Å². The molecule has 1 atom stereocenters. The summed E-state index contributed by atoms with van der Waals surface area (Å²) >= 11 is 0. The van der Waals surface area contributed by atoms with Crippen LogP contribution in [0.2, 0.25) is 0 Å². The van der Waals surface area contributed by atoms with Crippen molar-refractivity contribution in [3.63, 3.8) is 0 Å². The molecule has 1 heterocycles. The highest BCUT2D eigenvalue weighted by molar-refractivity contribution is 7.88. The van der Waals surface area contributed by atoms with Crippen LogP contribution in [0, 0.1) is 0 Å². The summed E-state index contributed by atoms with van der Waals surface area (Å²) < 4.78 is 24.8. The first-order valence-electron chi connectivity index (χ1n) is 9.98. The van der Waals surface area contributed by atoms with Crippen LogP contribution in [-0.4, -0.2) is 56.0 Å². The van der Waals surface area contributed by atoms with E-state index < -0.39 is 16.1 Å². The second-order valence-corrected chi connectivity index (χ2v) is 9.51. The third-order valence-corrected chi connectivity index (χ3v) is 6.51. The largest absolute Gasteiger partial charge is 0.351 e. The van der Waals surface area contributed by atoms with Crippen molar-refractivity contribution < 1.29 is 18.0 Å². The van der Waals surface area contributed by atoms with Gasteiger partial charge in [0.2, 0.25) is 15.9 Å². The normalized spacial score (nSPS) is 16.6. The zero-order valence-corrected chi connectivity index (χ0v) is 17.8. The second kappa shape index (κ2) is 9.86. The van der Waals surface area contributed by atoms with Crippen molar-refractivity contribution in [1.29, 1.82) is 0 Å². The summed E-state index contributed by atoms with van der Waals surface area (Å²) in [7, 11) is -3.22. The molecule has 30 heavy (non-hydrogen) atoms. The Bertz CT molecular complexity index is 956. The van der Waals surface area contributed by atoms with Gasteiger partial charge in [-0.15, -0.1) is 0 Å². The molecule has 2 aromatic carbocycles. The Kier molecular flexibility index (Phi) is 7.23. The number of nitrogens with zero attached hydrogens (tertiary/aromatic N) is 1. The van der Waals surface area contributed by atoms with E-state index >= 15 is 0 Å². The maximum absolute atomic E-state index is 13.0. The molecule has 2 aromatic rings. The molecule has 0 aromatic heterocycles. The second-order valence-electron chi connectivity index (χ2n) is 7.53. The summed E-state index contributed by atoms with van der Waals surface area (Å²) in [6, 6.07) is 17.4. The maximum Gasteiger partial charge on any atom is 0.251 e. The Morgan fingerprint density at radius 3 is 2.13 bits per heavy atom. The van der Waals surface area contributed by atoms with E-state index in [0.717, 1.165) is 5.56 Å². The van der Waals surface area contributed by atoms with Crippen molar-refractivity contribution in [2.75, 3.05) is 19.3 Å². The minimum absolute atomic E-state index is 0.123. The molecule has 0 aliphatic carbocycles. The standard InChI is InChI=1S/C22H27N3O4S/c1-30(28,29)25-14-12-19(13-15-25)23-22(27)20(16-17-8-4-2-5-9-17)24-21(26)18-10-6-3-7-11-18/h2-11,19-20H,12-16H2,1H3,(H,23,27)(H,24,26)/t20-/m1/s1. The molecule has 0 bridgehead atoms. The molecule has 1 aliphatic heterocycles. The average Bonchev–Trinajstić information content (AvgIpc) is 2.74. The molecule has 0 saturated carbocycles. The predicted molar refractivity (Wildman–Crippen MR) is 115 cm³/mol. The first kappa shape index (κ1) is 22.0. The Balaban J connectivity index is 1.66. The van der Waals surface area contributed by atoms with E-state index in [4.69, 9.17) is 0 Å². The zero-order valence-electron chi connectivity index (χ0n) is 17.0. The number of sulfonamides is 1. The lowest BCUT2D eigenvalue weighted by atomic mass is 10.0. The van der Waals surface area contributed by atoms with E-state index in [-0.39, 0.29) is 17.9 Å². The van der Waals surface area contributed by atoms with Gasteiger partial charge < -0.3 is 10.6 Å². The fourth-order valence-corrected chi connectivity index (χ4v) is 4.40. The fourth-order valence-electron chi connectivity index (χ4n) is 3.52. The Labute approximate surface area is 177 Å². The van der Waals surface area contributed by atoms with Crippen molar-refractivity contribution in [3.05, 3.63) is 71.8 Å². The van der Waals surface area contributed by atoms with Crippen LogP contribution in [0.3, 0.4) is 0 Å². The third-order valence-electron chi connectivity index (χ3n) is 5.21. The molecular formula is C22H27N3O4S. The van der Waals surface area contributed by atoms with Crippen LogP contribution in [0.15, 0.2) is 60.7 Å². The van der Waals surface area contributed by atoms with Crippen LogP contribution in [0.5, 0.6) is 0 Å². The number of nitrogens with one attached hydrogen (secondary N) is 2. The smallest absolute Gasteiger partial charge is 0.251 e. The van der Waals surface area contributed by atoms with Gasteiger partial charge in [0.1, 0.15) is 6.04 Å². The summed E-state index contributed by atoms with van der Waals surface area (Å²) in [4.78, 5) is 25.6. The summed E-state index contributed by atoms with van der Waals surface area (Å²) in [5.41, 5.74) is 1.43. The lowest BCUT2D eigenvalue weighted by Gasteiger charge is -2.31. The molecule has 0 spiro atoms. The quantitative estimate of drug-likeness (QED) is 0.698. The van der Waals surface area contributed by atoms with Crippen LogP contribution in [0.4, 0.5) is 0 Å². The van der Waals surface area contributed by atoms with Crippen molar-refractivity contribution in [2.45, 2.75) is 31.3 Å². The Hall–Kier alpha value is -2.71. The van der Waals surface area contributed by atoms with E-state index in [9.17, 15) is 18.0 Å². The number of amides is 2. The van der Waals surface area contributed by atoms with Crippen molar-refractivity contribution in [3.8, 4) is 0 Å². The highest BCUT2D eigenvalue weighted by Gasteiger charge is 2.28. The lowest BCUT2D eigenvalue weighted by Crippen LogP contribution is -2.53. The molecule has 2 amide bonds. The lowest BCUT2D eigenvalue weighted by molar-refractivity contribution is -0.123. The van der Waals surface area contributed by atoms with E-state index in [1.165, 1.54) is 10.6 Å². The molecular weight excluding hydrogens is 402 g/mol. The minimum Gasteiger partial charge on any atom is -0.351 e. The van der Waals surface area contributed by atoms with E-state index in [0.29, 0.717) is 37.9 Å². The molecule has 0 radical (unpaired) electrons. The number of hydrogen-bond donors (Lipinski definition) is 2. The van der Waals surface area contributed by atoms with Crippen LogP contribution < -0.4 is 10.6 Å². The highest BCUT2D eigenvalue weighted by atomic mass is 32.2. The van der Waals surface area contributed by atoms with Crippen molar-refractivity contribution >= 4 is 21.8 Å². The van der Waals surface area contributed by atoms with Crippen LogP contribution in [-0.2, 0) is 21.2 Å². The van der Waals surface area contributed by atoms with Gasteiger partial charge in [-0.05, 0) is 30.5 Å². The molecule has 1 fully saturated rings. The van der Waals surface area contributed by atoms with Gasteiger partial charge in [-0.3, -0.25) is 9.59 Å². The number of carbonyl (C=O) groups excluding carboxylic acids is 2. The molecule has 7 nitrogen and oxygen atoms in total. The molecule has 1 saturated heterocycles. The monoisotopic (exact) mass is 429 g/mol. The van der Waals surface area contributed by atoms with Gasteiger partial charge >= 0.3 is 0 Å². The molecule has 3 rings (SSSR count). The topological polar surface area (TPSA) is 95.6 Å². The highest BCUT2D eigenvalue weighted by Crippen LogP contribution is 2.14. The number of piperidine rings is 1. The van der Waals surface area contributed by atoms with Crippen LogP contribution in [0.25, 0.3) is 0 Å². The SMILES string of the molecule is CS(=O)(=O)N1CCC(NC(=O)[C@@H](Cc2ccccc2)NC(=O)c2ccccc2)CC1. The molecule has 0 unspecified atom stereocenters. The molecule has 8 heteroatoms. The number of hydrogen-bond acceptors (Lipinski definition) is 4. The summed E-state index contributed by atoms with van der Waals surface area (Å²) in [6.45, 7) is 0.757. The maximum atomic E-state index is 13.0. The summed E-state index contributed by atoms with van der Waals surface area (Å²) in [5, 5.41) is 5.84. The number of carbonyl (C=O) groups is 2. The third kappa shape index (κ3) is 6.14. The van der Waals surface area contributed by atoms with Crippen LogP contribution in [0.1, 0.15) is 28.8 Å². The first-order chi connectivity index (χ1) is 14.3. The van der Waals surface area contributed by atoms with Gasteiger partial charge in [0.15, 0.2) is 0 Å². The van der Waals surface area contributed by atoms with Crippen molar-refractivity contribution in [1.82, 2.24) is 14.9 Å². The Morgan fingerprint density at radius 1 is 1.00 bits per heavy atom.